The number of anilines is 1. The van der Waals surface area contributed by atoms with Crippen LogP contribution in [0.5, 0.6) is 0 Å². The van der Waals surface area contributed by atoms with Gasteiger partial charge in [0, 0.05) is 17.8 Å². The minimum Gasteiger partial charge on any atom is -0.276 e. The molecular formula is C15H11N3O3. The molecule has 1 aromatic carbocycles. The van der Waals surface area contributed by atoms with E-state index < -0.39 is 23.3 Å². The van der Waals surface area contributed by atoms with Crippen LogP contribution >= 0.6 is 0 Å². The van der Waals surface area contributed by atoms with Crippen molar-refractivity contribution in [1.29, 1.82) is 0 Å². The molecule has 1 aliphatic carbocycles. The summed E-state index contributed by atoms with van der Waals surface area (Å²) in [7, 11) is 0. The van der Waals surface area contributed by atoms with Gasteiger partial charge in [-0.25, -0.2) is 9.69 Å². The van der Waals surface area contributed by atoms with Crippen molar-refractivity contribution < 1.29 is 14.4 Å². The third kappa shape index (κ3) is 1.53. The minimum atomic E-state index is -1.04. The predicted molar refractivity (Wildman–Crippen MR) is 74.4 cm³/mol. The van der Waals surface area contributed by atoms with Crippen LogP contribution in [0.25, 0.3) is 10.8 Å². The second kappa shape index (κ2) is 3.88. The van der Waals surface area contributed by atoms with Crippen LogP contribution in [0.4, 0.5) is 10.5 Å². The molecule has 6 nitrogen and oxygen atoms in total. The van der Waals surface area contributed by atoms with E-state index in [1.54, 1.807) is 24.5 Å². The average molecular weight is 281 g/mol. The number of rotatable bonds is 1. The number of aromatic nitrogens is 1. The lowest BCUT2D eigenvalue weighted by molar-refractivity contribution is -0.136. The summed E-state index contributed by atoms with van der Waals surface area (Å²) in [6, 6.07) is 6.45. The summed E-state index contributed by atoms with van der Waals surface area (Å²) >= 11 is 0. The summed E-state index contributed by atoms with van der Waals surface area (Å²) in [5.41, 5.74) is -0.583. The van der Waals surface area contributed by atoms with Gasteiger partial charge in [0.15, 0.2) is 0 Å². The molecule has 0 bridgehead atoms. The number of hydrogen-bond donors (Lipinski definition) is 1. The molecule has 4 amide bonds. The maximum Gasteiger partial charge on any atom is 0.335 e. The fourth-order valence-electron chi connectivity index (χ4n) is 2.75. The summed E-state index contributed by atoms with van der Waals surface area (Å²) < 4.78 is 0. The molecule has 0 atom stereocenters. The molecule has 1 spiro atoms. The number of pyridine rings is 1. The van der Waals surface area contributed by atoms with Gasteiger partial charge in [0.25, 0.3) is 5.91 Å². The monoisotopic (exact) mass is 281 g/mol. The molecular weight excluding hydrogens is 270 g/mol. The molecule has 2 fully saturated rings. The molecule has 4 rings (SSSR count). The molecule has 21 heavy (non-hydrogen) atoms. The Morgan fingerprint density at radius 1 is 1.14 bits per heavy atom. The zero-order chi connectivity index (χ0) is 14.6. The molecule has 2 heterocycles. The SMILES string of the molecule is O=C1NC(=O)C2(CC2)C(=O)N1c1cccc2ccncc12. The summed E-state index contributed by atoms with van der Waals surface area (Å²) in [4.78, 5) is 41.7. The van der Waals surface area contributed by atoms with E-state index in [0.29, 0.717) is 23.9 Å². The average Bonchev–Trinajstić information content (AvgIpc) is 3.28. The van der Waals surface area contributed by atoms with Gasteiger partial charge in [0.2, 0.25) is 5.91 Å². The topological polar surface area (TPSA) is 79.4 Å². The zero-order valence-electron chi connectivity index (χ0n) is 11.0. The van der Waals surface area contributed by atoms with Crippen LogP contribution in [-0.2, 0) is 9.59 Å². The van der Waals surface area contributed by atoms with Crippen LogP contribution in [-0.4, -0.2) is 22.8 Å². The molecule has 0 unspecified atom stereocenters. The predicted octanol–water partition coefficient (Wildman–Crippen LogP) is 1.60. The highest BCUT2D eigenvalue weighted by molar-refractivity contribution is 6.32. The number of urea groups is 1. The van der Waals surface area contributed by atoms with Gasteiger partial charge >= 0.3 is 6.03 Å². The minimum absolute atomic E-state index is 0.437. The van der Waals surface area contributed by atoms with Gasteiger partial charge in [-0.05, 0) is 30.4 Å². The van der Waals surface area contributed by atoms with Crippen molar-refractivity contribution in [3.8, 4) is 0 Å². The van der Waals surface area contributed by atoms with E-state index in [4.69, 9.17) is 0 Å². The third-order valence-corrected chi connectivity index (χ3v) is 4.12. The second-order valence-corrected chi connectivity index (χ2v) is 5.36. The molecule has 1 N–H and O–H groups in total. The van der Waals surface area contributed by atoms with E-state index in [0.717, 1.165) is 10.3 Å². The lowest BCUT2D eigenvalue weighted by atomic mass is 10.0. The van der Waals surface area contributed by atoms with Crippen LogP contribution in [0.1, 0.15) is 12.8 Å². The van der Waals surface area contributed by atoms with Gasteiger partial charge in [0.05, 0.1) is 5.69 Å². The van der Waals surface area contributed by atoms with Crippen LogP contribution in [0.15, 0.2) is 36.7 Å². The molecule has 104 valence electrons. The van der Waals surface area contributed by atoms with E-state index in [2.05, 4.69) is 10.3 Å². The third-order valence-electron chi connectivity index (χ3n) is 4.12. The van der Waals surface area contributed by atoms with E-state index in [-0.39, 0.29) is 0 Å². The van der Waals surface area contributed by atoms with Gasteiger partial charge < -0.3 is 0 Å². The zero-order valence-corrected chi connectivity index (χ0v) is 11.0. The van der Waals surface area contributed by atoms with Crippen LogP contribution in [0.3, 0.4) is 0 Å². The van der Waals surface area contributed by atoms with Gasteiger partial charge in [-0.2, -0.15) is 0 Å². The quantitative estimate of drug-likeness (QED) is 0.805. The normalized spacial score (nSPS) is 20.0. The maximum absolute atomic E-state index is 12.6. The number of carbonyl (C=O) groups is 3. The molecule has 2 aliphatic rings. The van der Waals surface area contributed by atoms with Crippen molar-refractivity contribution in [2.24, 2.45) is 5.41 Å². The van der Waals surface area contributed by atoms with Crippen molar-refractivity contribution in [3.05, 3.63) is 36.7 Å². The Balaban J connectivity index is 1.90. The van der Waals surface area contributed by atoms with Crippen molar-refractivity contribution >= 4 is 34.3 Å². The first-order chi connectivity index (χ1) is 10.1. The Morgan fingerprint density at radius 3 is 2.71 bits per heavy atom. The van der Waals surface area contributed by atoms with Crippen LogP contribution < -0.4 is 10.2 Å². The first-order valence-electron chi connectivity index (χ1n) is 6.66. The van der Waals surface area contributed by atoms with E-state index in [1.165, 1.54) is 0 Å². The van der Waals surface area contributed by atoms with Gasteiger partial charge in [-0.15, -0.1) is 0 Å². The number of imide groups is 2. The lowest BCUT2D eigenvalue weighted by Gasteiger charge is -2.30. The highest BCUT2D eigenvalue weighted by Crippen LogP contribution is 2.50. The summed E-state index contributed by atoms with van der Waals surface area (Å²) in [5.74, 6) is -0.917. The molecule has 1 saturated heterocycles. The van der Waals surface area contributed by atoms with Crippen LogP contribution in [0.2, 0.25) is 0 Å². The number of amides is 4. The standard InChI is InChI=1S/C15H11N3O3/c19-12-15(5-6-15)13(20)18(14(21)17-12)11-3-1-2-9-4-7-16-8-10(9)11/h1-4,7-8H,5-6H2,(H,17,19,21). The Labute approximate surface area is 119 Å². The number of carbonyl (C=O) groups excluding carboxylic acids is 3. The number of benzene rings is 1. The van der Waals surface area contributed by atoms with Crippen LogP contribution in [0, 0.1) is 5.41 Å². The number of nitrogens with one attached hydrogen (secondary N) is 1. The number of hydrogen-bond acceptors (Lipinski definition) is 4. The summed E-state index contributed by atoms with van der Waals surface area (Å²) in [6.07, 6.45) is 4.24. The fourth-order valence-corrected chi connectivity index (χ4v) is 2.75. The smallest absolute Gasteiger partial charge is 0.276 e. The molecule has 6 heteroatoms. The highest BCUT2D eigenvalue weighted by atomic mass is 16.2. The van der Waals surface area contributed by atoms with Crippen molar-refractivity contribution in [2.45, 2.75) is 12.8 Å². The fraction of sp³-hybridized carbons (Fsp3) is 0.200. The van der Waals surface area contributed by atoms with Gasteiger partial charge in [-0.3, -0.25) is 19.9 Å². The maximum atomic E-state index is 12.6. The Bertz CT molecular complexity index is 805. The van der Waals surface area contributed by atoms with Crippen molar-refractivity contribution in [1.82, 2.24) is 10.3 Å². The van der Waals surface area contributed by atoms with Gasteiger partial charge in [0.1, 0.15) is 5.41 Å². The first kappa shape index (κ1) is 12.0. The van der Waals surface area contributed by atoms with E-state index >= 15 is 0 Å². The number of fused-ring (bicyclic) bond motifs is 1. The Kier molecular flexibility index (Phi) is 2.22. The van der Waals surface area contributed by atoms with Gasteiger partial charge in [-0.1, -0.05) is 12.1 Å². The van der Waals surface area contributed by atoms with E-state index in [1.807, 2.05) is 12.1 Å². The molecule has 2 aromatic rings. The summed E-state index contributed by atoms with van der Waals surface area (Å²) in [6.45, 7) is 0. The molecule has 1 aliphatic heterocycles. The molecule has 1 aromatic heterocycles. The number of nitrogens with zero attached hydrogens (tertiary/aromatic N) is 2. The lowest BCUT2D eigenvalue weighted by Crippen LogP contribution is -2.59. The summed E-state index contributed by atoms with van der Waals surface area (Å²) in [5, 5.41) is 3.86. The first-order valence-corrected chi connectivity index (χ1v) is 6.66. The number of barbiturate groups is 1. The largest absolute Gasteiger partial charge is 0.335 e. The Hall–Kier alpha value is -2.76. The second-order valence-electron chi connectivity index (χ2n) is 5.36. The highest BCUT2D eigenvalue weighted by Gasteiger charge is 2.62. The van der Waals surface area contributed by atoms with Crippen molar-refractivity contribution in [2.75, 3.05) is 4.90 Å². The van der Waals surface area contributed by atoms with Crippen molar-refractivity contribution in [3.63, 3.8) is 0 Å². The molecule has 1 saturated carbocycles. The Morgan fingerprint density at radius 2 is 1.95 bits per heavy atom. The van der Waals surface area contributed by atoms with E-state index in [9.17, 15) is 14.4 Å². The molecule has 0 radical (unpaired) electrons.